The van der Waals surface area contributed by atoms with Gasteiger partial charge in [-0.15, -0.1) is 11.3 Å². The van der Waals surface area contributed by atoms with Gasteiger partial charge in [0.25, 0.3) is 0 Å². The SMILES string of the molecule is CCNC(Cc1cncs1)C1C(C)(C)C1(C)C. The Morgan fingerprint density at radius 3 is 2.41 bits per heavy atom. The highest BCUT2D eigenvalue weighted by atomic mass is 32.1. The van der Waals surface area contributed by atoms with E-state index in [2.05, 4.69) is 44.9 Å². The van der Waals surface area contributed by atoms with E-state index in [1.807, 2.05) is 11.7 Å². The van der Waals surface area contributed by atoms with Gasteiger partial charge in [0.15, 0.2) is 0 Å². The molecule has 2 nitrogen and oxygen atoms in total. The maximum atomic E-state index is 4.18. The van der Waals surface area contributed by atoms with Crippen molar-refractivity contribution in [3.63, 3.8) is 0 Å². The first-order valence-electron chi connectivity index (χ1n) is 6.52. The van der Waals surface area contributed by atoms with E-state index in [-0.39, 0.29) is 0 Å². The molecule has 2 rings (SSSR count). The number of aromatic nitrogens is 1. The van der Waals surface area contributed by atoms with Crippen LogP contribution < -0.4 is 5.32 Å². The fourth-order valence-electron chi connectivity index (χ4n) is 3.38. The zero-order valence-corrected chi connectivity index (χ0v) is 12.4. The van der Waals surface area contributed by atoms with E-state index >= 15 is 0 Å². The Morgan fingerprint density at radius 2 is 2.00 bits per heavy atom. The molecule has 0 aromatic carbocycles. The number of thiazole rings is 1. The van der Waals surface area contributed by atoms with Crippen LogP contribution in [-0.4, -0.2) is 17.6 Å². The van der Waals surface area contributed by atoms with Crippen LogP contribution in [0.3, 0.4) is 0 Å². The van der Waals surface area contributed by atoms with E-state index in [0.717, 1.165) is 18.9 Å². The van der Waals surface area contributed by atoms with Crippen molar-refractivity contribution in [3.05, 3.63) is 16.6 Å². The molecule has 1 aromatic rings. The van der Waals surface area contributed by atoms with Crippen LogP contribution in [0, 0.1) is 16.7 Å². The van der Waals surface area contributed by atoms with Crippen molar-refractivity contribution in [2.24, 2.45) is 16.7 Å². The summed E-state index contributed by atoms with van der Waals surface area (Å²) in [6, 6.07) is 0.588. The third-order valence-corrected chi connectivity index (χ3v) is 5.71. The molecule has 1 fully saturated rings. The van der Waals surface area contributed by atoms with Crippen LogP contribution in [0.15, 0.2) is 11.7 Å². The highest BCUT2D eigenvalue weighted by Gasteiger charge is 2.66. The molecular formula is C14H24N2S. The summed E-state index contributed by atoms with van der Waals surface area (Å²) in [6.07, 6.45) is 3.13. The lowest BCUT2D eigenvalue weighted by atomic mass is 10.0. The maximum Gasteiger partial charge on any atom is 0.0794 e. The van der Waals surface area contributed by atoms with E-state index in [9.17, 15) is 0 Å². The number of rotatable bonds is 5. The van der Waals surface area contributed by atoms with Gasteiger partial charge in [0, 0.05) is 17.1 Å². The van der Waals surface area contributed by atoms with Crippen molar-refractivity contribution >= 4 is 11.3 Å². The fourth-order valence-corrected chi connectivity index (χ4v) is 4.04. The Bertz CT molecular complexity index is 354. The first kappa shape index (κ1) is 13.0. The van der Waals surface area contributed by atoms with Gasteiger partial charge in [-0.25, -0.2) is 0 Å². The summed E-state index contributed by atoms with van der Waals surface area (Å²) in [5, 5.41) is 3.67. The van der Waals surface area contributed by atoms with Crippen molar-refractivity contribution < 1.29 is 0 Å². The van der Waals surface area contributed by atoms with Gasteiger partial charge in [0.2, 0.25) is 0 Å². The second kappa shape index (κ2) is 4.36. The molecule has 1 saturated carbocycles. The van der Waals surface area contributed by atoms with Crippen LogP contribution >= 0.6 is 11.3 Å². The molecule has 1 unspecified atom stereocenters. The molecule has 1 atom stereocenters. The van der Waals surface area contributed by atoms with Gasteiger partial charge in [0.05, 0.1) is 5.51 Å². The molecule has 0 radical (unpaired) electrons. The topological polar surface area (TPSA) is 24.9 Å². The first-order chi connectivity index (χ1) is 7.91. The van der Waals surface area contributed by atoms with Crippen LogP contribution in [0.1, 0.15) is 39.5 Å². The lowest BCUT2D eigenvalue weighted by Crippen LogP contribution is -2.35. The molecular weight excluding hydrogens is 228 g/mol. The van der Waals surface area contributed by atoms with E-state index in [1.165, 1.54) is 4.88 Å². The highest BCUT2D eigenvalue weighted by molar-refractivity contribution is 7.09. The second-order valence-corrected chi connectivity index (χ2v) is 7.23. The van der Waals surface area contributed by atoms with Gasteiger partial charge in [-0.2, -0.15) is 0 Å². The lowest BCUT2D eigenvalue weighted by molar-refractivity contribution is 0.405. The molecule has 1 N–H and O–H groups in total. The summed E-state index contributed by atoms with van der Waals surface area (Å²) < 4.78 is 0. The van der Waals surface area contributed by atoms with Crippen molar-refractivity contribution in [1.29, 1.82) is 0 Å². The average molecular weight is 252 g/mol. The molecule has 96 valence electrons. The number of hydrogen-bond acceptors (Lipinski definition) is 3. The Balaban J connectivity index is 2.09. The predicted molar refractivity (Wildman–Crippen MR) is 74.3 cm³/mol. The fraction of sp³-hybridized carbons (Fsp3) is 0.786. The van der Waals surface area contributed by atoms with Gasteiger partial charge in [-0.3, -0.25) is 4.98 Å². The van der Waals surface area contributed by atoms with E-state index in [4.69, 9.17) is 0 Å². The molecule has 17 heavy (non-hydrogen) atoms. The molecule has 0 bridgehead atoms. The van der Waals surface area contributed by atoms with Crippen LogP contribution in [-0.2, 0) is 6.42 Å². The van der Waals surface area contributed by atoms with Crippen LogP contribution in [0.25, 0.3) is 0 Å². The molecule has 1 heterocycles. The Morgan fingerprint density at radius 1 is 1.35 bits per heavy atom. The highest BCUT2D eigenvalue weighted by Crippen LogP contribution is 2.69. The molecule has 0 spiro atoms. The van der Waals surface area contributed by atoms with Gasteiger partial charge >= 0.3 is 0 Å². The first-order valence-corrected chi connectivity index (χ1v) is 7.40. The maximum absolute atomic E-state index is 4.18. The number of nitrogens with one attached hydrogen (secondary N) is 1. The minimum Gasteiger partial charge on any atom is -0.314 e. The van der Waals surface area contributed by atoms with E-state index < -0.39 is 0 Å². The minimum atomic E-state index is 0.449. The molecule has 3 heteroatoms. The Hall–Kier alpha value is -0.410. The van der Waals surface area contributed by atoms with Crippen LogP contribution in [0.4, 0.5) is 0 Å². The summed E-state index contributed by atoms with van der Waals surface area (Å²) in [4.78, 5) is 5.58. The Kier molecular flexibility index (Phi) is 3.34. The molecule has 1 aromatic heterocycles. The van der Waals surface area contributed by atoms with E-state index in [1.54, 1.807) is 11.3 Å². The number of hydrogen-bond donors (Lipinski definition) is 1. The molecule has 0 amide bonds. The van der Waals surface area contributed by atoms with Crippen molar-refractivity contribution in [3.8, 4) is 0 Å². The van der Waals surface area contributed by atoms with Gasteiger partial charge in [0.1, 0.15) is 0 Å². The number of nitrogens with zero attached hydrogens (tertiary/aromatic N) is 1. The van der Waals surface area contributed by atoms with Gasteiger partial charge < -0.3 is 5.32 Å². The lowest BCUT2D eigenvalue weighted by Gasteiger charge is -2.19. The number of likely N-dealkylation sites (N-methyl/N-ethyl adjacent to an activating group) is 1. The van der Waals surface area contributed by atoms with Crippen molar-refractivity contribution in [2.75, 3.05) is 6.54 Å². The summed E-state index contributed by atoms with van der Waals surface area (Å²) in [5.41, 5.74) is 2.83. The summed E-state index contributed by atoms with van der Waals surface area (Å²) >= 11 is 1.77. The quantitative estimate of drug-likeness (QED) is 0.869. The standard InChI is InChI=1S/C14H24N2S/c1-6-16-11(7-10-8-15-9-17-10)12-13(2,3)14(12,4)5/h8-9,11-12,16H,6-7H2,1-5H3. The smallest absolute Gasteiger partial charge is 0.0794 e. The monoisotopic (exact) mass is 252 g/mol. The molecule has 0 saturated heterocycles. The second-order valence-electron chi connectivity index (χ2n) is 6.26. The van der Waals surface area contributed by atoms with Crippen LogP contribution in [0.2, 0.25) is 0 Å². The Labute approximate surface area is 109 Å². The summed E-state index contributed by atoms with van der Waals surface area (Å²) in [6.45, 7) is 12.8. The van der Waals surface area contributed by atoms with E-state index in [0.29, 0.717) is 16.9 Å². The average Bonchev–Trinajstić information content (AvgIpc) is 2.59. The molecule has 0 aliphatic heterocycles. The van der Waals surface area contributed by atoms with Gasteiger partial charge in [-0.05, 0) is 29.7 Å². The zero-order chi connectivity index (χ0) is 12.7. The van der Waals surface area contributed by atoms with Crippen LogP contribution in [0.5, 0.6) is 0 Å². The van der Waals surface area contributed by atoms with Crippen molar-refractivity contribution in [1.82, 2.24) is 10.3 Å². The summed E-state index contributed by atoms with van der Waals surface area (Å²) in [5.74, 6) is 0.761. The summed E-state index contributed by atoms with van der Waals surface area (Å²) in [7, 11) is 0. The van der Waals surface area contributed by atoms with Gasteiger partial charge in [-0.1, -0.05) is 34.6 Å². The normalized spacial score (nSPS) is 23.6. The third kappa shape index (κ3) is 2.15. The third-order valence-electron chi connectivity index (χ3n) is 4.91. The molecule has 1 aliphatic carbocycles. The molecule has 1 aliphatic rings. The zero-order valence-electron chi connectivity index (χ0n) is 11.6. The van der Waals surface area contributed by atoms with Crippen molar-refractivity contribution in [2.45, 2.75) is 47.1 Å². The largest absolute Gasteiger partial charge is 0.314 e. The minimum absolute atomic E-state index is 0.449. The predicted octanol–water partition coefficient (Wildman–Crippen LogP) is 3.35.